The van der Waals surface area contributed by atoms with Crippen molar-refractivity contribution in [2.24, 2.45) is 0 Å². The molecule has 1 aliphatic heterocycles. The Labute approximate surface area is 205 Å². The van der Waals surface area contributed by atoms with Gasteiger partial charge in [-0.2, -0.15) is 18.1 Å². The number of rotatable bonds is 3. The summed E-state index contributed by atoms with van der Waals surface area (Å²) in [7, 11) is 0. The minimum absolute atomic E-state index is 0. The van der Waals surface area contributed by atoms with Gasteiger partial charge in [0, 0.05) is 6.07 Å². The first-order valence-corrected chi connectivity index (χ1v) is 11.2. The maximum atomic E-state index is 3.49. The van der Waals surface area contributed by atoms with Crippen molar-refractivity contribution in [2.45, 2.75) is 33.2 Å². The van der Waals surface area contributed by atoms with Gasteiger partial charge in [-0.15, -0.1) is 12.0 Å². The van der Waals surface area contributed by atoms with Gasteiger partial charge in [0.1, 0.15) is 6.54 Å². The molecule has 2 heterocycles. The Kier molecular flexibility index (Phi) is 8.40. The van der Waals surface area contributed by atoms with E-state index in [-0.39, 0.29) is 18.9 Å². The first kappa shape index (κ1) is 23.9. The molecule has 0 saturated carbocycles. The van der Waals surface area contributed by atoms with Gasteiger partial charge in [-0.3, -0.25) is 0 Å². The normalized spacial score (nSPS) is 11.4. The summed E-state index contributed by atoms with van der Waals surface area (Å²) in [5.41, 5.74) is 9.16. The molecule has 1 aromatic heterocycles. The monoisotopic (exact) mass is 411 g/mol. The van der Waals surface area contributed by atoms with E-state index < -0.39 is 0 Å². The van der Waals surface area contributed by atoms with E-state index in [1.807, 2.05) is 6.92 Å². The molecule has 0 N–H and O–H groups in total. The van der Waals surface area contributed by atoms with Crippen molar-refractivity contribution in [3.05, 3.63) is 116 Å². The molecule has 3 aromatic carbocycles. The maximum Gasteiger partial charge on any atom is 1.00 e. The van der Waals surface area contributed by atoms with Crippen LogP contribution in [0.3, 0.4) is 0 Å². The first-order valence-electron chi connectivity index (χ1n) is 11.2. The third-order valence-electron chi connectivity index (χ3n) is 5.73. The van der Waals surface area contributed by atoms with E-state index in [0.29, 0.717) is 0 Å². The van der Waals surface area contributed by atoms with Crippen LogP contribution in [0.4, 0.5) is 0 Å². The second-order valence-electron chi connectivity index (χ2n) is 7.84. The van der Waals surface area contributed by atoms with Crippen molar-refractivity contribution in [1.29, 1.82) is 0 Å². The Morgan fingerprint density at radius 3 is 2.06 bits per heavy atom. The molecule has 0 aliphatic carbocycles. The van der Waals surface area contributed by atoms with Crippen LogP contribution in [-0.4, -0.2) is 0 Å². The summed E-state index contributed by atoms with van der Waals surface area (Å²) in [5, 5.41) is 0. The summed E-state index contributed by atoms with van der Waals surface area (Å²) in [6.45, 7) is 8.74. The van der Waals surface area contributed by atoms with Crippen LogP contribution in [0, 0.1) is 12.8 Å². The van der Waals surface area contributed by atoms with Crippen LogP contribution in [0.2, 0.25) is 0 Å². The Bertz CT molecular complexity index is 1150. The van der Waals surface area contributed by atoms with Gasteiger partial charge in [0.05, 0.1) is 0 Å². The number of aromatic nitrogens is 1. The molecule has 0 amide bonds. The topological polar surface area (TPSA) is 3.88 Å². The number of hydrogen-bond acceptors (Lipinski definition) is 0. The fourth-order valence-corrected chi connectivity index (χ4v) is 4.28. The van der Waals surface area contributed by atoms with Crippen molar-refractivity contribution < 1.29 is 23.4 Å². The number of hydrogen-bond donors (Lipinski definition) is 0. The largest absolute Gasteiger partial charge is 1.00 e. The molecule has 0 radical (unpaired) electrons. The second-order valence-corrected chi connectivity index (χ2v) is 7.84. The van der Waals surface area contributed by atoms with Gasteiger partial charge in [0.15, 0.2) is 11.9 Å². The van der Waals surface area contributed by atoms with Gasteiger partial charge in [-0.25, -0.2) is 4.57 Å². The predicted octanol–water partition coefficient (Wildman–Crippen LogP) is 4.56. The average molecular weight is 412 g/mol. The summed E-state index contributed by atoms with van der Waals surface area (Å²) in [6, 6.07) is 32.8. The molecule has 0 unspecified atom stereocenters. The van der Waals surface area contributed by atoms with E-state index in [2.05, 4.69) is 116 Å². The van der Waals surface area contributed by atoms with Crippen molar-refractivity contribution in [1.82, 2.24) is 0 Å². The van der Waals surface area contributed by atoms with Crippen LogP contribution in [0.1, 0.15) is 32.3 Å². The molecule has 1 aliphatic rings. The zero-order valence-electron chi connectivity index (χ0n) is 19.5. The summed E-state index contributed by atoms with van der Waals surface area (Å²) < 4.78 is 2.36. The van der Waals surface area contributed by atoms with Crippen LogP contribution in [0.5, 0.6) is 0 Å². The summed E-state index contributed by atoms with van der Waals surface area (Å²) in [5.74, 6) is 1.50. The Morgan fingerprint density at radius 1 is 0.750 bits per heavy atom. The van der Waals surface area contributed by atoms with Crippen molar-refractivity contribution >= 4 is 0 Å². The predicted molar refractivity (Wildman–Crippen MR) is 131 cm³/mol. The van der Waals surface area contributed by atoms with Crippen LogP contribution in [0.15, 0.2) is 97.2 Å². The van der Waals surface area contributed by atoms with Gasteiger partial charge in [0.2, 0.25) is 0 Å². The maximum absolute atomic E-state index is 3.49. The molecule has 32 heavy (non-hydrogen) atoms. The molecule has 4 aromatic rings. The van der Waals surface area contributed by atoms with Gasteiger partial charge in [0.25, 0.3) is 0 Å². The van der Waals surface area contributed by atoms with Crippen LogP contribution in [-0.2, 0) is 6.54 Å². The third-order valence-corrected chi connectivity index (χ3v) is 5.73. The van der Waals surface area contributed by atoms with Crippen LogP contribution >= 0.6 is 0 Å². The molecule has 0 fully saturated rings. The van der Waals surface area contributed by atoms with E-state index in [0.717, 1.165) is 19.4 Å². The Hall–Kier alpha value is -2.72. The van der Waals surface area contributed by atoms with Crippen LogP contribution < -0.4 is 23.4 Å². The van der Waals surface area contributed by atoms with Crippen LogP contribution in [0.25, 0.3) is 33.5 Å². The van der Waals surface area contributed by atoms with Gasteiger partial charge in [-0.1, -0.05) is 98.1 Å². The average Bonchev–Trinajstić information content (AvgIpc) is 2.84. The molecule has 1 nitrogen and oxygen atoms in total. The van der Waals surface area contributed by atoms with E-state index in [9.17, 15) is 0 Å². The SMILES string of the molecule is CC[C-]1C[n+]2ccccc2-c2ccc(-c3ccccc3-c3ccccc3)cc21.[CH2-]CC.[Li+]. The molecule has 2 heteroatoms. The second kappa shape index (κ2) is 11.2. The number of pyridine rings is 1. The van der Waals surface area contributed by atoms with Crippen molar-refractivity contribution in [3.8, 4) is 33.5 Å². The molecule has 156 valence electrons. The van der Waals surface area contributed by atoms with E-state index >= 15 is 0 Å². The summed E-state index contributed by atoms with van der Waals surface area (Å²) >= 11 is 0. The van der Waals surface area contributed by atoms with E-state index in [4.69, 9.17) is 0 Å². The number of benzene rings is 3. The quantitative estimate of drug-likeness (QED) is 0.264. The van der Waals surface area contributed by atoms with Crippen molar-refractivity contribution in [3.63, 3.8) is 0 Å². The molecule has 0 spiro atoms. The van der Waals surface area contributed by atoms with Gasteiger partial charge < -0.3 is 6.92 Å². The fourth-order valence-electron chi connectivity index (χ4n) is 4.28. The van der Waals surface area contributed by atoms with E-state index in [1.165, 1.54) is 45.0 Å². The van der Waals surface area contributed by atoms with Gasteiger partial charge in [-0.05, 0) is 22.8 Å². The minimum atomic E-state index is 0. The minimum Gasteiger partial charge on any atom is -0.344 e. The number of nitrogens with zero attached hydrogens (tertiary/aromatic N) is 1. The smallest absolute Gasteiger partial charge is 0.344 e. The zero-order chi connectivity index (χ0) is 21.6. The third kappa shape index (κ3) is 4.86. The number of fused-ring (bicyclic) bond motifs is 3. The molecule has 0 atom stereocenters. The molecule has 5 rings (SSSR count). The Morgan fingerprint density at radius 2 is 1.38 bits per heavy atom. The van der Waals surface area contributed by atoms with E-state index in [1.54, 1.807) is 0 Å². The molecule has 0 bridgehead atoms. The first-order chi connectivity index (χ1) is 15.3. The summed E-state index contributed by atoms with van der Waals surface area (Å²) in [4.78, 5) is 0. The zero-order valence-corrected chi connectivity index (χ0v) is 19.5. The molecular weight excluding hydrogens is 381 g/mol. The molecular formula is C30H30LiN. The van der Waals surface area contributed by atoms with Gasteiger partial charge >= 0.3 is 18.9 Å². The molecule has 0 saturated heterocycles. The Balaban J connectivity index is 0.000000686. The summed E-state index contributed by atoms with van der Waals surface area (Å²) in [6.07, 6.45) is 4.25. The standard InChI is InChI=1S/C27H23N.C3H7.Li/c1-2-20-19-28-17-9-8-14-27(28)25-16-15-22(18-26(20)25)24-13-7-6-12-23(24)21-10-4-3-5-11-21;1-3-2;/h3-18H,2,19H2,1H3;1,3H2,2H3;/q;-1;+1. The van der Waals surface area contributed by atoms with Crippen molar-refractivity contribution in [2.75, 3.05) is 0 Å². The fraction of sp³-hybridized carbons (Fsp3) is 0.167.